The van der Waals surface area contributed by atoms with E-state index in [0.717, 1.165) is 0 Å². The summed E-state index contributed by atoms with van der Waals surface area (Å²) in [4.78, 5) is 0. The topological polar surface area (TPSA) is 190 Å². The van der Waals surface area contributed by atoms with Gasteiger partial charge in [-0.15, -0.1) is 0 Å². The Labute approximate surface area is 162 Å². The van der Waals surface area contributed by atoms with Gasteiger partial charge in [0, 0.05) is 0 Å². The van der Waals surface area contributed by atoms with Gasteiger partial charge in [-0.3, -0.25) is 0 Å². The summed E-state index contributed by atoms with van der Waals surface area (Å²) in [5.74, 6) is 0. The number of rotatable bonds is 0. The van der Waals surface area contributed by atoms with Crippen molar-refractivity contribution in [3.05, 3.63) is 0 Å². The van der Waals surface area contributed by atoms with E-state index in [1.807, 2.05) is 0 Å². The van der Waals surface area contributed by atoms with E-state index in [2.05, 4.69) is 0 Å². The van der Waals surface area contributed by atoms with Crippen molar-refractivity contribution in [1.82, 2.24) is 0 Å². The van der Waals surface area contributed by atoms with Crippen molar-refractivity contribution in [2.75, 3.05) is 0 Å². The zero-order valence-electron chi connectivity index (χ0n) is 6.38. The van der Waals surface area contributed by atoms with E-state index >= 15 is 0 Å². The van der Waals surface area contributed by atoms with Gasteiger partial charge in [-0.1, -0.05) is 0 Å². The molecule has 0 aromatic carbocycles. The van der Waals surface area contributed by atoms with Crippen molar-refractivity contribution in [2.45, 2.75) is 0 Å². The Morgan fingerprint density at radius 1 is 0.571 bits per heavy atom. The Kier molecular flexibility index (Phi) is 56.9. The van der Waals surface area contributed by atoms with Crippen molar-refractivity contribution in [2.24, 2.45) is 0 Å². The first kappa shape index (κ1) is 30.8. The van der Waals surface area contributed by atoms with Crippen LogP contribution in [0.5, 0.6) is 0 Å². The monoisotopic (exact) mass is 600 g/mol. The fourth-order valence-electron chi connectivity index (χ4n) is 0. The molecule has 0 unspecified atom stereocenters. The minimum atomic E-state index is -4.29. The largest absolute Gasteiger partial charge is 4.00 e. The molecule has 72 valence electrons. The Morgan fingerprint density at radius 2 is 0.571 bits per heavy atom. The van der Waals surface area contributed by atoms with Crippen molar-refractivity contribution in [3.8, 4) is 0 Å². The molecule has 0 bridgehead atoms. The van der Waals surface area contributed by atoms with Crippen molar-refractivity contribution in [3.63, 3.8) is 0 Å². The van der Waals surface area contributed by atoms with Crippen LogP contribution >= 0.6 is 0 Å². The molecule has 0 saturated heterocycles. The third kappa shape index (κ3) is 219. The van der Waals surface area contributed by atoms with Gasteiger partial charge in [-0.2, -0.15) is 0 Å². The molecule has 9 nitrogen and oxygen atoms in total. The summed E-state index contributed by atoms with van der Waals surface area (Å²) in [6.07, 6.45) is 0. The van der Waals surface area contributed by atoms with Crippen LogP contribution in [0.3, 0.4) is 0 Å². The molecule has 0 aromatic heterocycles. The maximum Gasteiger partial charge on any atom is 4.00 e. The molecule has 0 N–H and O–H groups in total. The van der Waals surface area contributed by atoms with Crippen LogP contribution in [0, 0.1) is 0 Å². The summed E-state index contributed by atoms with van der Waals surface area (Å²) in [5.41, 5.74) is 0. The molecule has 0 rings (SSSR count). The van der Waals surface area contributed by atoms with E-state index in [1.165, 1.54) is 0 Å². The van der Waals surface area contributed by atoms with Gasteiger partial charge in [-0.25, -0.2) is 0 Å². The summed E-state index contributed by atoms with van der Waals surface area (Å²) in [6, 6.07) is 0. The van der Waals surface area contributed by atoms with Crippen molar-refractivity contribution < 1.29 is 117 Å². The minimum Gasteiger partial charge on any atom is 4.00 e. The number of hydrogen-bond acceptors (Lipinski definition) is 9. The molecule has 0 fully saturated rings. The fourth-order valence-corrected chi connectivity index (χ4v) is 0. The second-order valence-corrected chi connectivity index (χ2v) is 4.44. The molecule has 0 aliphatic rings. The average molecular weight is 603 g/mol. The molecule has 0 atom stereocenters. The van der Waals surface area contributed by atoms with Gasteiger partial charge in [0.1, 0.15) is 0 Å². The second kappa shape index (κ2) is 25.8. The van der Waals surface area contributed by atoms with Crippen LogP contribution in [0.4, 0.5) is 0 Å². The van der Waals surface area contributed by atoms with Crippen LogP contribution in [-0.4, -0.2) is 48.9 Å². The van der Waals surface area contributed by atoms with Crippen molar-refractivity contribution in [1.29, 1.82) is 0 Å². The minimum absolute atomic E-state index is 0. The van der Waals surface area contributed by atoms with Crippen LogP contribution in [0.25, 0.3) is 0 Å². The predicted molar refractivity (Wildman–Crippen MR) is 7.81 cm³/mol. The van der Waals surface area contributed by atoms with E-state index in [9.17, 15) is 0 Å². The summed E-state index contributed by atoms with van der Waals surface area (Å²) < 4.78 is 77.5. The Balaban J connectivity index is -0.0000000270. The molecule has 0 amide bonds. The first-order valence-electron chi connectivity index (χ1n) is 1.84. The summed E-state index contributed by atoms with van der Waals surface area (Å²) in [5, 5.41) is 0. The van der Waals surface area contributed by atoms with E-state index in [-0.39, 0.29) is 70.6 Å². The Bertz CT molecular complexity index is 118. The maximum atomic E-state index is 8.61. The zero-order chi connectivity index (χ0) is 10.7. The molecule has 0 aliphatic carbocycles. The Morgan fingerprint density at radius 3 is 0.571 bits per heavy atom. The molecule has 14 heteroatoms. The number of hydrogen-bond donors (Lipinski definition) is 0. The van der Waals surface area contributed by atoms with Gasteiger partial charge in [0.15, 0.2) is 0 Å². The SMILES string of the molecule is [Ba+2].[O]=[Zr]([O-])[O-].[O]=[Zr]([O-])[O-].[O]=[Zr]([O-])[O-].[Ti+4]. The van der Waals surface area contributed by atoms with Gasteiger partial charge in [0.05, 0.1) is 0 Å². The maximum absolute atomic E-state index is 8.61. The van der Waals surface area contributed by atoms with Crippen LogP contribution in [0.15, 0.2) is 0 Å². The predicted octanol–water partition coefficient (Wildman–Crippen LogP) is -7.88. The van der Waals surface area contributed by atoms with Gasteiger partial charge in [-0.05, 0) is 0 Å². The Hall–Kier alpha value is 4.10. The third-order valence-corrected chi connectivity index (χ3v) is 0. The smallest absolute Gasteiger partial charge is 4.00 e. The van der Waals surface area contributed by atoms with E-state index in [4.69, 9.17) is 27.5 Å². The van der Waals surface area contributed by atoms with E-state index in [0.29, 0.717) is 0 Å². The molecular formula is BaO9TiZr3. The van der Waals surface area contributed by atoms with Gasteiger partial charge < -0.3 is 0 Å². The standard InChI is InChI=1S/Ba.9O.Ti.3Zr/q+2;;;;6*-1;+4;;;. The van der Waals surface area contributed by atoms with Crippen LogP contribution < -0.4 is 19.1 Å². The van der Waals surface area contributed by atoms with Crippen LogP contribution in [0.2, 0.25) is 0 Å². The first-order valence-corrected chi connectivity index (χ1v) is 10.9. The molecule has 0 radical (unpaired) electrons. The van der Waals surface area contributed by atoms with E-state index in [1.54, 1.807) is 0 Å². The molecule has 0 saturated carbocycles. The second-order valence-electron chi connectivity index (χ2n) is 0.750. The molecule has 0 aliphatic heterocycles. The van der Waals surface area contributed by atoms with Gasteiger partial charge in [0.25, 0.3) is 0 Å². The van der Waals surface area contributed by atoms with Gasteiger partial charge >= 0.3 is 166 Å². The van der Waals surface area contributed by atoms with Crippen LogP contribution in [-0.2, 0) is 98.1 Å². The summed E-state index contributed by atoms with van der Waals surface area (Å²) >= 11 is -12.9. The van der Waals surface area contributed by atoms with Crippen molar-refractivity contribution >= 4 is 48.9 Å². The first-order chi connectivity index (χ1) is 5.20. The average Bonchev–Trinajstić information content (AvgIpc) is 1.54. The normalized spacial score (nSPS) is 5.57. The van der Waals surface area contributed by atoms with E-state index < -0.39 is 67.9 Å². The molecule has 0 heterocycles. The molecule has 0 aromatic rings. The summed E-state index contributed by atoms with van der Waals surface area (Å²) in [7, 11) is 0. The zero-order valence-corrected chi connectivity index (χ0v) is 19.8. The van der Waals surface area contributed by atoms with Gasteiger partial charge in [0.2, 0.25) is 0 Å². The third-order valence-electron chi connectivity index (χ3n) is 0. The van der Waals surface area contributed by atoms with Crippen LogP contribution in [0.1, 0.15) is 0 Å². The molecular weight excluding hydrogens is 603 g/mol. The molecule has 0 spiro atoms. The fraction of sp³-hybridized carbons (Fsp3) is 0. The molecule has 14 heavy (non-hydrogen) atoms. The summed E-state index contributed by atoms with van der Waals surface area (Å²) in [6.45, 7) is 0. The quantitative estimate of drug-likeness (QED) is 0.242.